The SMILES string of the molecule is CCCN(CC1CCNCC1)c1ncc(F)cc1F. The lowest BCUT2D eigenvalue weighted by molar-refractivity contribution is 0.371. The van der Waals surface area contributed by atoms with Crippen LogP contribution in [0.3, 0.4) is 0 Å². The van der Waals surface area contributed by atoms with Crippen LogP contribution >= 0.6 is 0 Å². The number of nitrogens with one attached hydrogen (secondary N) is 1. The summed E-state index contributed by atoms with van der Waals surface area (Å²) in [7, 11) is 0. The molecule has 106 valence electrons. The molecule has 1 saturated heterocycles. The molecule has 0 spiro atoms. The van der Waals surface area contributed by atoms with E-state index in [4.69, 9.17) is 0 Å². The first-order valence-electron chi connectivity index (χ1n) is 6.97. The predicted molar refractivity (Wildman–Crippen MR) is 72.3 cm³/mol. The second-order valence-corrected chi connectivity index (χ2v) is 5.10. The fraction of sp³-hybridized carbons (Fsp3) is 0.643. The van der Waals surface area contributed by atoms with Crippen molar-refractivity contribution in [3.05, 3.63) is 23.9 Å². The Bertz CT molecular complexity index is 406. The molecule has 0 aromatic carbocycles. The second kappa shape index (κ2) is 6.80. The van der Waals surface area contributed by atoms with E-state index in [-0.39, 0.29) is 5.82 Å². The van der Waals surface area contributed by atoms with Crippen LogP contribution in [0.1, 0.15) is 26.2 Å². The first kappa shape index (κ1) is 14.2. The van der Waals surface area contributed by atoms with Gasteiger partial charge < -0.3 is 10.2 Å². The molecule has 0 aliphatic carbocycles. The highest BCUT2D eigenvalue weighted by atomic mass is 19.1. The quantitative estimate of drug-likeness (QED) is 0.890. The Morgan fingerprint density at radius 3 is 2.74 bits per heavy atom. The molecular weight excluding hydrogens is 248 g/mol. The van der Waals surface area contributed by atoms with Gasteiger partial charge in [-0.1, -0.05) is 6.92 Å². The third kappa shape index (κ3) is 3.86. The lowest BCUT2D eigenvalue weighted by atomic mass is 9.97. The average Bonchev–Trinajstić information content (AvgIpc) is 2.39. The number of piperidine rings is 1. The number of rotatable bonds is 5. The van der Waals surface area contributed by atoms with Gasteiger partial charge in [-0.2, -0.15) is 0 Å². The maximum absolute atomic E-state index is 13.8. The first-order valence-corrected chi connectivity index (χ1v) is 6.97. The minimum atomic E-state index is -0.625. The van der Waals surface area contributed by atoms with Crippen molar-refractivity contribution in [2.45, 2.75) is 26.2 Å². The summed E-state index contributed by atoms with van der Waals surface area (Å²) in [5.74, 6) is -0.359. The van der Waals surface area contributed by atoms with Gasteiger partial charge in [-0.3, -0.25) is 0 Å². The van der Waals surface area contributed by atoms with Crippen LogP contribution in [-0.4, -0.2) is 31.2 Å². The van der Waals surface area contributed by atoms with Crippen LogP contribution in [0.25, 0.3) is 0 Å². The molecule has 0 bridgehead atoms. The van der Waals surface area contributed by atoms with E-state index < -0.39 is 11.6 Å². The van der Waals surface area contributed by atoms with Crippen molar-refractivity contribution in [2.24, 2.45) is 5.92 Å². The third-order valence-corrected chi connectivity index (χ3v) is 3.52. The number of aromatic nitrogens is 1. The zero-order valence-electron chi connectivity index (χ0n) is 11.3. The summed E-state index contributed by atoms with van der Waals surface area (Å²) in [5.41, 5.74) is 0. The topological polar surface area (TPSA) is 28.2 Å². The second-order valence-electron chi connectivity index (χ2n) is 5.10. The van der Waals surface area contributed by atoms with E-state index in [0.717, 1.165) is 57.7 Å². The van der Waals surface area contributed by atoms with Gasteiger partial charge in [0.15, 0.2) is 11.6 Å². The van der Waals surface area contributed by atoms with Crippen molar-refractivity contribution in [1.29, 1.82) is 0 Å². The van der Waals surface area contributed by atoms with Gasteiger partial charge in [0.25, 0.3) is 0 Å². The van der Waals surface area contributed by atoms with Gasteiger partial charge >= 0.3 is 0 Å². The largest absolute Gasteiger partial charge is 0.354 e. The average molecular weight is 269 g/mol. The van der Waals surface area contributed by atoms with Gasteiger partial charge in [0.2, 0.25) is 0 Å². The molecule has 0 radical (unpaired) electrons. The molecule has 3 nitrogen and oxygen atoms in total. The Morgan fingerprint density at radius 1 is 1.37 bits per heavy atom. The van der Waals surface area contributed by atoms with E-state index in [0.29, 0.717) is 5.92 Å². The standard InChI is InChI=1S/C14H21F2N3/c1-2-7-19(10-11-3-5-17-6-4-11)14-13(16)8-12(15)9-18-14/h8-9,11,17H,2-7,10H2,1H3. The summed E-state index contributed by atoms with van der Waals surface area (Å²) in [6.45, 7) is 5.63. The van der Waals surface area contributed by atoms with Crippen molar-refractivity contribution in [3.8, 4) is 0 Å². The Kier molecular flexibility index (Phi) is 5.07. The normalized spacial score (nSPS) is 16.6. The van der Waals surface area contributed by atoms with Gasteiger partial charge in [0.1, 0.15) is 5.82 Å². The molecule has 2 heterocycles. The molecule has 1 aliphatic heterocycles. The van der Waals surface area contributed by atoms with Crippen molar-refractivity contribution < 1.29 is 8.78 Å². The smallest absolute Gasteiger partial charge is 0.168 e. The molecule has 1 N–H and O–H groups in total. The van der Waals surface area contributed by atoms with Crippen LogP contribution in [0.4, 0.5) is 14.6 Å². The van der Waals surface area contributed by atoms with Gasteiger partial charge in [0.05, 0.1) is 6.20 Å². The fourth-order valence-corrected chi connectivity index (χ4v) is 2.57. The lowest BCUT2D eigenvalue weighted by Gasteiger charge is -2.30. The van der Waals surface area contributed by atoms with E-state index in [9.17, 15) is 8.78 Å². The first-order chi connectivity index (χ1) is 9.20. The van der Waals surface area contributed by atoms with Crippen LogP contribution in [0, 0.1) is 17.6 Å². The van der Waals surface area contributed by atoms with Crippen molar-refractivity contribution in [2.75, 3.05) is 31.1 Å². The maximum Gasteiger partial charge on any atom is 0.168 e. The molecule has 1 aliphatic rings. The maximum atomic E-state index is 13.8. The Labute approximate surface area is 113 Å². The van der Waals surface area contributed by atoms with Crippen LogP contribution in [0.15, 0.2) is 12.3 Å². The fourth-order valence-electron chi connectivity index (χ4n) is 2.57. The van der Waals surface area contributed by atoms with E-state index in [1.807, 2.05) is 4.90 Å². The number of nitrogens with zero attached hydrogens (tertiary/aromatic N) is 2. The molecule has 1 aromatic rings. The zero-order chi connectivity index (χ0) is 13.7. The summed E-state index contributed by atoms with van der Waals surface area (Å²) >= 11 is 0. The van der Waals surface area contributed by atoms with E-state index in [1.54, 1.807) is 0 Å². The zero-order valence-corrected chi connectivity index (χ0v) is 11.3. The molecule has 0 atom stereocenters. The Hall–Kier alpha value is -1.23. The van der Waals surface area contributed by atoms with E-state index in [2.05, 4.69) is 17.2 Å². The third-order valence-electron chi connectivity index (χ3n) is 3.52. The molecule has 1 fully saturated rings. The minimum Gasteiger partial charge on any atom is -0.354 e. The highest BCUT2D eigenvalue weighted by Crippen LogP contribution is 2.21. The molecule has 19 heavy (non-hydrogen) atoms. The lowest BCUT2D eigenvalue weighted by Crippen LogP contribution is -2.37. The van der Waals surface area contributed by atoms with Crippen LogP contribution in [-0.2, 0) is 0 Å². The highest BCUT2D eigenvalue weighted by Gasteiger charge is 2.20. The molecule has 5 heteroatoms. The van der Waals surface area contributed by atoms with Crippen molar-refractivity contribution in [1.82, 2.24) is 10.3 Å². The molecule has 0 unspecified atom stereocenters. The summed E-state index contributed by atoms with van der Waals surface area (Å²) in [5, 5.41) is 3.32. The summed E-state index contributed by atoms with van der Waals surface area (Å²) in [6.07, 6.45) is 4.21. The number of hydrogen-bond acceptors (Lipinski definition) is 3. The minimum absolute atomic E-state index is 0.279. The number of halogens is 2. The van der Waals surface area contributed by atoms with Crippen LogP contribution < -0.4 is 10.2 Å². The van der Waals surface area contributed by atoms with Crippen LogP contribution in [0.2, 0.25) is 0 Å². The van der Waals surface area contributed by atoms with E-state index in [1.165, 1.54) is 0 Å². The van der Waals surface area contributed by atoms with Crippen molar-refractivity contribution in [3.63, 3.8) is 0 Å². The van der Waals surface area contributed by atoms with Gasteiger partial charge in [0, 0.05) is 19.2 Å². The van der Waals surface area contributed by atoms with Gasteiger partial charge in [-0.25, -0.2) is 13.8 Å². The van der Waals surface area contributed by atoms with Crippen molar-refractivity contribution >= 4 is 5.82 Å². The van der Waals surface area contributed by atoms with Crippen LogP contribution in [0.5, 0.6) is 0 Å². The molecule has 2 rings (SSSR count). The monoisotopic (exact) mass is 269 g/mol. The summed E-state index contributed by atoms with van der Waals surface area (Å²) < 4.78 is 26.7. The Morgan fingerprint density at radius 2 is 2.11 bits per heavy atom. The molecule has 0 saturated carbocycles. The van der Waals surface area contributed by atoms with Gasteiger partial charge in [-0.05, 0) is 38.3 Å². The molecule has 1 aromatic heterocycles. The summed E-state index contributed by atoms with van der Waals surface area (Å²) in [6, 6.07) is 0.910. The Balaban J connectivity index is 2.09. The molecule has 0 amide bonds. The molecular formula is C14H21F2N3. The number of anilines is 1. The van der Waals surface area contributed by atoms with Gasteiger partial charge in [-0.15, -0.1) is 0 Å². The predicted octanol–water partition coefficient (Wildman–Crippen LogP) is 2.58. The van der Waals surface area contributed by atoms with E-state index >= 15 is 0 Å². The number of hydrogen-bond donors (Lipinski definition) is 1. The number of pyridine rings is 1. The highest BCUT2D eigenvalue weighted by molar-refractivity contribution is 5.39. The summed E-state index contributed by atoms with van der Waals surface area (Å²) in [4.78, 5) is 5.87.